The summed E-state index contributed by atoms with van der Waals surface area (Å²) >= 11 is 0. The Bertz CT molecular complexity index is 1120. The number of unbranched alkanes of at least 4 members (excludes halogenated alkanes) is 3. The second-order valence-corrected chi connectivity index (χ2v) is 26.4. The molecule has 1 saturated carbocycles. The molecule has 0 radical (unpaired) electrons. The fourth-order valence-corrected chi connectivity index (χ4v) is 8.51. The van der Waals surface area contributed by atoms with E-state index in [9.17, 15) is 9.90 Å². The van der Waals surface area contributed by atoms with Gasteiger partial charge in [0.05, 0.1) is 24.9 Å². The van der Waals surface area contributed by atoms with Crippen LogP contribution in [-0.4, -0.2) is 52.8 Å². The minimum Gasteiger partial charge on any atom is -0.481 e. The Morgan fingerprint density at radius 3 is 2.12 bits per heavy atom. The van der Waals surface area contributed by atoms with Gasteiger partial charge in [0, 0.05) is 6.42 Å². The molecule has 0 amide bonds. The molecular formula is C40H70O6Si2. The van der Waals surface area contributed by atoms with Gasteiger partial charge in [0.2, 0.25) is 0 Å². The highest BCUT2D eigenvalue weighted by atomic mass is 28.4. The van der Waals surface area contributed by atoms with Gasteiger partial charge >= 0.3 is 5.97 Å². The molecule has 0 aliphatic heterocycles. The van der Waals surface area contributed by atoms with Crippen molar-refractivity contribution in [3.63, 3.8) is 0 Å². The summed E-state index contributed by atoms with van der Waals surface area (Å²) in [6.07, 6.45) is 17.0. The first-order valence-electron chi connectivity index (χ1n) is 18.5. The summed E-state index contributed by atoms with van der Waals surface area (Å²) in [7, 11) is -4.15. The Hall–Kier alpha value is -1.56. The van der Waals surface area contributed by atoms with Crippen LogP contribution in [0, 0.1) is 11.8 Å². The number of allylic oxidation sites excluding steroid dienone is 3. The van der Waals surface area contributed by atoms with Gasteiger partial charge in [0.1, 0.15) is 6.79 Å². The molecule has 8 heteroatoms. The van der Waals surface area contributed by atoms with Gasteiger partial charge in [-0.05, 0) is 92.2 Å². The number of ether oxygens (including phenoxy) is 2. The van der Waals surface area contributed by atoms with Crippen LogP contribution in [0.2, 0.25) is 36.3 Å². The maximum Gasteiger partial charge on any atom is 0.303 e. The van der Waals surface area contributed by atoms with Gasteiger partial charge in [0.15, 0.2) is 16.6 Å². The lowest BCUT2D eigenvalue weighted by molar-refractivity contribution is -0.137. The zero-order valence-electron chi connectivity index (χ0n) is 32.3. The first-order valence-corrected chi connectivity index (χ1v) is 24.3. The lowest BCUT2D eigenvalue weighted by atomic mass is 9.87. The van der Waals surface area contributed by atoms with Crippen LogP contribution < -0.4 is 0 Å². The SMILES string of the molecule is CCCCC/C=C\C[C@@H]1[C@@H](C/C=C\[C@H](CCC(=O)O)O[Si](C)(C)C(C)(C)C)[C@@H](O[Si](C)(C)C(C)(C)C)C[C@@H]1OCOCc1ccccc1. The maximum absolute atomic E-state index is 11.5. The van der Waals surface area contributed by atoms with Gasteiger partial charge in [-0.1, -0.05) is 116 Å². The first-order chi connectivity index (χ1) is 22.4. The van der Waals surface area contributed by atoms with Gasteiger partial charge in [-0.15, -0.1) is 0 Å². The third-order valence-corrected chi connectivity index (χ3v) is 19.9. The highest BCUT2D eigenvalue weighted by molar-refractivity contribution is 6.74. The third kappa shape index (κ3) is 14.4. The largest absolute Gasteiger partial charge is 0.481 e. The molecule has 1 aromatic rings. The minimum atomic E-state index is -2.09. The number of hydrogen-bond donors (Lipinski definition) is 1. The smallest absolute Gasteiger partial charge is 0.303 e. The zero-order valence-corrected chi connectivity index (χ0v) is 34.3. The molecule has 1 aromatic carbocycles. The third-order valence-electron chi connectivity index (χ3n) is 10.9. The van der Waals surface area contributed by atoms with Crippen molar-refractivity contribution in [1.29, 1.82) is 0 Å². The Morgan fingerprint density at radius 2 is 1.52 bits per heavy atom. The van der Waals surface area contributed by atoms with Crippen molar-refractivity contribution in [3.8, 4) is 0 Å². The Balaban J connectivity index is 2.34. The maximum atomic E-state index is 11.5. The van der Waals surface area contributed by atoms with Crippen LogP contribution in [0.1, 0.15) is 112 Å². The van der Waals surface area contributed by atoms with Crippen molar-refractivity contribution in [3.05, 3.63) is 60.2 Å². The molecule has 1 aliphatic carbocycles. The predicted octanol–water partition coefficient (Wildman–Crippen LogP) is 11.3. The molecule has 1 fully saturated rings. The van der Waals surface area contributed by atoms with E-state index in [1.54, 1.807) is 0 Å². The number of aliphatic carboxylic acids is 1. The van der Waals surface area contributed by atoms with E-state index >= 15 is 0 Å². The summed E-state index contributed by atoms with van der Waals surface area (Å²) in [4.78, 5) is 11.5. The van der Waals surface area contributed by atoms with Gasteiger partial charge in [-0.2, -0.15) is 0 Å². The average molecular weight is 703 g/mol. The van der Waals surface area contributed by atoms with Crippen LogP contribution in [0.4, 0.5) is 0 Å². The van der Waals surface area contributed by atoms with Crippen molar-refractivity contribution in [2.75, 3.05) is 6.79 Å². The van der Waals surface area contributed by atoms with E-state index in [2.05, 4.69) is 111 Å². The molecule has 48 heavy (non-hydrogen) atoms. The van der Waals surface area contributed by atoms with Gasteiger partial charge < -0.3 is 23.4 Å². The van der Waals surface area contributed by atoms with E-state index in [0.29, 0.717) is 13.0 Å². The number of benzene rings is 1. The molecule has 5 atom stereocenters. The number of carboxylic acid groups (broad SMARTS) is 1. The van der Waals surface area contributed by atoms with Crippen LogP contribution in [-0.2, 0) is 29.7 Å². The monoisotopic (exact) mass is 702 g/mol. The Kier molecular flexibility index (Phi) is 17.5. The molecule has 0 spiro atoms. The van der Waals surface area contributed by atoms with E-state index in [0.717, 1.165) is 31.2 Å². The van der Waals surface area contributed by atoms with E-state index < -0.39 is 22.6 Å². The minimum absolute atomic E-state index is 0.0283. The number of rotatable bonds is 21. The van der Waals surface area contributed by atoms with Crippen molar-refractivity contribution < 1.29 is 28.2 Å². The highest BCUT2D eigenvalue weighted by Crippen LogP contribution is 2.46. The lowest BCUT2D eigenvalue weighted by Gasteiger charge is -2.40. The molecular weight excluding hydrogens is 633 g/mol. The molecule has 274 valence electrons. The predicted molar refractivity (Wildman–Crippen MR) is 205 cm³/mol. The molecule has 0 saturated heterocycles. The summed E-state index contributed by atoms with van der Waals surface area (Å²) < 4.78 is 26.5. The molecule has 0 bridgehead atoms. The van der Waals surface area contributed by atoms with Crippen LogP contribution in [0.3, 0.4) is 0 Å². The molecule has 6 nitrogen and oxygen atoms in total. The number of carboxylic acids is 1. The van der Waals surface area contributed by atoms with Crippen molar-refractivity contribution >= 4 is 22.6 Å². The molecule has 0 unspecified atom stereocenters. The van der Waals surface area contributed by atoms with E-state index in [1.807, 2.05) is 18.2 Å². The average Bonchev–Trinajstić information content (AvgIpc) is 3.29. The highest BCUT2D eigenvalue weighted by Gasteiger charge is 2.48. The second kappa shape index (κ2) is 19.7. The molecule has 1 N–H and O–H groups in total. The van der Waals surface area contributed by atoms with Gasteiger partial charge in [0.25, 0.3) is 0 Å². The van der Waals surface area contributed by atoms with E-state index in [1.165, 1.54) is 19.3 Å². The second-order valence-electron chi connectivity index (χ2n) is 16.9. The number of hydrogen-bond acceptors (Lipinski definition) is 5. The molecule has 2 rings (SSSR count). The van der Waals surface area contributed by atoms with Gasteiger partial charge in [-0.25, -0.2) is 0 Å². The number of carbonyl (C=O) groups is 1. The normalized spacial score (nSPS) is 21.8. The Labute approximate surface area is 296 Å². The van der Waals surface area contributed by atoms with Crippen LogP contribution >= 0.6 is 0 Å². The molecule has 0 aromatic heterocycles. The standard InChI is InChI=1S/C40H70O6Si2/c1-12-13-14-15-16-20-25-34-35(26-21-24-33(27-28-38(41)42)45-47(8,9)39(2,3)4)37(46-48(10,11)40(5,6)7)29-36(34)44-31-43-30-32-22-18-17-19-23-32/h16-24,33-37H,12-15,25-31H2,1-11H3,(H,41,42)/b20-16-,24-21-/t33-,34-,35-,36+,37+/m1/s1. The molecule has 1 aliphatic rings. The summed E-state index contributed by atoms with van der Waals surface area (Å²) in [5, 5.41) is 9.62. The van der Waals surface area contributed by atoms with E-state index in [-0.39, 0.29) is 53.4 Å². The summed E-state index contributed by atoms with van der Waals surface area (Å²) in [6.45, 7) is 25.8. The fourth-order valence-electron chi connectivity index (χ4n) is 5.82. The van der Waals surface area contributed by atoms with Crippen molar-refractivity contribution in [2.45, 2.75) is 167 Å². The van der Waals surface area contributed by atoms with Crippen LogP contribution in [0.5, 0.6) is 0 Å². The Morgan fingerprint density at radius 1 is 0.896 bits per heavy atom. The van der Waals surface area contributed by atoms with Gasteiger partial charge in [-0.3, -0.25) is 4.79 Å². The van der Waals surface area contributed by atoms with Crippen LogP contribution in [0.15, 0.2) is 54.6 Å². The first kappa shape index (κ1) is 42.6. The zero-order chi connectivity index (χ0) is 36.0. The van der Waals surface area contributed by atoms with Crippen molar-refractivity contribution in [2.24, 2.45) is 11.8 Å². The quantitative estimate of drug-likeness (QED) is 0.0595. The summed E-state index contributed by atoms with van der Waals surface area (Å²) in [5.74, 6) is -0.236. The summed E-state index contributed by atoms with van der Waals surface area (Å²) in [5.41, 5.74) is 1.14. The fraction of sp³-hybridized carbons (Fsp3) is 0.725. The van der Waals surface area contributed by atoms with E-state index in [4.69, 9.17) is 18.3 Å². The van der Waals surface area contributed by atoms with Crippen LogP contribution in [0.25, 0.3) is 0 Å². The van der Waals surface area contributed by atoms with Crippen molar-refractivity contribution in [1.82, 2.24) is 0 Å². The topological polar surface area (TPSA) is 74.2 Å². The molecule has 0 heterocycles. The summed E-state index contributed by atoms with van der Waals surface area (Å²) in [6, 6.07) is 10.2. The lowest BCUT2D eigenvalue weighted by Crippen LogP contribution is -2.45.